The maximum absolute atomic E-state index is 12.5. The molecule has 5 heteroatoms. The van der Waals surface area contributed by atoms with E-state index in [-0.39, 0.29) is 18.5 Å². The molecule has 0 saturated heterocycles. The Morgan fingerprint density at radius 3 is 2.15 bits per heavy atom. The molecule has 2 aromatic rings. The molecule has 0 atom stereocenters. The van der Waals surface area contributed by atoms with Gasteiger partial charge >= 0.3 is 5.97 Å². The van der Waals surface area contributed by atoms with Gasteiger partial charge in [-0.2, -0.15) is 0 Å². The molecule has 1 heterocycles. The maximum Gasteiger partial charge on any atom is 0.338 e. The largest absolute Gasteiger partial charge is 0.460 e. The summed E-state index contributed by atoms with van der Waals surface area (Å²) >= 11 is 0. The fourth-order valence-corrected chi connectivity index (χ4v) is 2.89. The quantitative estimate of drug-likeness (QED) is 0.663. The van der Waals surface area contributed by atoms with Gasteiger partial charge in [-0.15, -0.1) is 0 Å². The Morgan fingerprint density at radius 2 is 1.62 bits per heavy atom. The molecule has 138 valence electrons. The Morgan fingerprint density at radius 1 is 1.08 bits per heavy atom. The fourth-order valence-electron chi connectivity index (χ4n) is 2.89. The molecule has 1 amide bonds. The van der Waals surface area contributed by atoms with Gasteiger partial charge in [0.15, 0.2) is 12.4 Å². The van der Waals surface area contributed by atoms with Crippen molar-refractivity contribution in [2.45, 2.75) is 40.2 Å². The van der Waals surface area contributed by atoms with Gasteiger partial charge in [0.1, 0.15) is 13.7 Å². The molecular weight excluding hydrogens is 328 g/mol. The van der Waals surface area contributed by atoms with Crippen LogP contribution in [0.15, 0.2) is 36.7 Å². The van der Waals surface area contributed by atoms with Crippen molar-refractivity contribution < 1.29 is 18.9 Å². The minimum atomic E-state index is -0.683. The molecule has 0 spiro atoms. The van der Waals surface area contributed by atoms with Crippen molar-refractivity contribution in [2.75, 3.05) is 6.61 Å². The molecule has 1 N–H and O–H groups in total. The minimum Gasteiger partial charge on any atom is -0.460 e. The van der Waals surface area contributed by atoms with E-state index in [9.17, 15) is 9.59 Å². The van der Waals surface area contributed by atoms with Crippen LogP contribution in [0.4, 0.5) is 0 Å². The Labute approximate surface area is 155 Å². The number of rotatable bonds is 5. The van der Waals surface area contributed by atoms with Gasteiger partial charge in [0.25, 0.3) is 5.91 Å². The van der Waals surface area contributed by atoms with E-state index in [4.69, 9.17) is 4.74 Å². The highest BCUT2D eigenvalue weighted by Gasteiger charge is 2.25. The monoisotopic (exact) mass is 355 g/mol. The molecule has 0 fully saturated rings. The van der Waals surface area contributed by atoms with E-state index in [0.717, 1.165) is 16.7 Å². The summed E-state index contributed by atoms with van der Waals surface area (Å²) in [6, 6.07) is 7.42. The molecule has 0 bridgehead atoms. The normalized spacial score (nSPS) is 11.2. The number of nitrogens with one attached hydrogen (secondary N) is 1. The third-order valence-corrected chi connectivity index (χ3v) is 4.14. The average Bonchev–Trinajstić information content (AvgIpc) is 2.52. The highest BCUT2D eigenvalue weighted by molar-refractivity contribution is 5.94. The molecule has 0 saturated carbocycles. The number of carbonyl (C=O) groups excluding carboxylic acids is 2. The predicted octanol–water partition coefficient (Wildman–Crippen LogP) is 2.80. The first-order chi connectivity index (χ1) is 12.1. The number of ether oxygens (including phenoxy) is 1. The van der Waals surface area contributed by atoms with Crippen LogP contribution in [0, 0.1) is 20.8 Å². The van der Waals surface area contributed by atoms with E-state index in [0.29, 0.717) is 11.1 Å². The van der Waals surface area contributed by atoms with Crippen LogP contribution in [-0.4, -0.2) is 24.0 Å². The molecule has 26 heavy (non-hydrogen) atoms. The number of hydrogen-bond donors (Lipinski definition) is 1. The van der Waals surface area contributed by atoms with Crippen LogP contribution >= 0.6 is 0 Å². The van der Waals surface area contributed by atoms with Crippen LogP contribution in [0.2, 0.25) is 0 Å². The number of hydrogen-bond acceptors (Lipinski definition) is 3. The van der Waals surface area contributed by atoms with Crippen LogP contribution in [0.1, 0.15) is 51.3 Å². The molecule has 0 aliphatic heterocycles. The number of nitrogens with zero attached hydrogens (tertiary/aromatic N) is 1. The smallest absolute Gasteiger partial charge is 0.338 e. The first-order valence-electron chi connectivity index (χ1n) is 8.62. The molecule has 0 aliphatic rings. The summed E-state index contributed by atoms with van der Waals surface area (Å²) in [4.78, 5) is 24.9. The van der Waals surface area contributed by atoms with E-state index in [2.05, 4.69) is 5.32 Å². The lowest BCUT2D eigenvalue weighted by Crippen LogP contribution is -2.47. The first kappa shape index (κ1) is 19.6. The first-order valence-corrected chi connectivity index (χ1v) is 8.62. The molecule has 0 aliphatic carbocycles. The molecule has 0 unspecified atom stereocenters. The van der Waals surface area contributed by atoms with Crippen LogP contribution in [0.5, 0.6) is 0 Å². The van der Waals surface area contributed by atoms with Crippen LogP contribution in [0.3, 0.4) is 0 Å². The van der Waals surface area contributed by atoms with Gasteiger partial charge in [-0.3, -0.25) is 4.79 Å². The SMILES string of the molecule is Cc1cc(C)c(C(=O)OCC(C)(C)NC(=O)c2cc[n+](C)cc2)c(C)c1. The number of pyridine rings is 1. The number of esters is 1. The highest BCUT2D eigenvalue weighted by Crippen LogP contribution is 2.18. The van der Waals surface area contributed by atoms with E-state index >= 15 is 0 Å². The van der Waals surface area contributed by atoms with E-state index < -0.39 is 5.54 Å². The van der Waals surface area contributed by atoms with Gasteiger partial charge < -0.3 is 10.1 Å². The zero-order valence-corrected chi connectivity index (χ0v) is 16.3. The lowest BCUT2D eigenvalue weighted by atomic mass is 10.00. The number of carbonyl (C=O) groups is 2. The summed E-state index contributed by atoms with van der Waals surface area (Å²) in [7, 11) is 1.89. The van der Waals surface area contributed by atoms with Gasteiger partial charge in [0.05, 0.1) is 16.7 Å². The molecule has 5 nitrogen and oxygen atoms in total. The minimum absolute atomic E-state index is 0.0882. The molecule has 1 aromatic carbocycles. The van der Waals surface area contributed by atoms with Crippen molar-refractivity contribution >= 4 is 11.9 Å². The van der Waals surface area contributed by atoms with Crippen molar-refractivity contribution in [3.05, 3.63) is 64.5 Å². The Hall–Kier alpha value is -2.69. The lowest BCUT2D eigenvalue weighted by Gasteiger charge is -2.26. The number of benzene rings is 1. The van der Waals surface area contributed by atoms with Crippen molar-refractivity contribution in [1.29, 1.82) is 0 Å². The summed E-state index contributed by atoms with van der Waals surface area (Å²) in [5, 5.41) is 2.91. The third kappa shape index (κ3) is 4.91. The van der Waals surface area contributed by atoms with Crippen molar-refractivity contribution in [3.8, 4) is 0 Å². The van der Waals surface area contributed by atoms with Crippen LogP contribution in [0.25, 0.3) is 0 Å². The Balaban J connectivity index is 2.02. The lowest BCUT2D eigenvalue weighted by molar-refractivity contribution is -0.671. The number of amides is 1. The zero-order valence-electron chi connectivity index (χ0n) is 16.3. The van der Waals surface area contributed by atoms with E-state index in [1.54, 1.807) is 12.1 Å². The van der Waals surface area contributed by atoms with E-state index in [1.165, 1.54) is 0 Å². The second-order valence-corrected chi connectivity index (χ2v) is 7.44. The number of aromatic nitrogens is 1. The Kier molecular flexibility index (Phi) is 5.80. The van der Waals surface area contributed by atoms with Crippen LogP contribution in [-0.2, 0) is 11.8 Å². The Bertz CT molecular complexity index is 801. The van der Waals surface area contributed by atoms with E-state index in [1.807, 2.05) is 70.8 Å². The van der Waals surface area contributed by atoms with Crippen molar-refractivity contribution in [2.24, 2.45) is 7.05 Å². The summed E-state index contributed by atoms with van der Waals surface area (Å²) in [6.07, 6.45) is 3.62. The molecular formula is C21H27N2O3+. The summed E-state index contributed by atoms with van der Waals surface area (Å²) in [5.74, 6) is -0.566. The van der Waals surface area contributed by atoms with Gasteiger partial charge in [-0.25, -0.2) is 9.36 Å². The van der Waals surface area contributed by atoms with Crippen LogP contribution < -0.4 is 9.88 Å². The highest BCUT2D eigenvalue weighted by atomic mass is 16.5. The number of aryl methyl sites for hydroxylation is 4. The summed E-state index contributed by atoms with van der Waals surface area (Å²) in [6.45, 7) is 9.55. The standard InChI is InChI=1S/C21H26N2O3/c1-14-11-15(2)18(16(3)12-14)20(25)26-13-21(4,5)22-19(24)17-7-9-23(6)10-8-17/h7-12H,13H2,1-6H3/p+1. The zero-order chi connectivity index (χ0) is 19.5. The maximum atomic E-state index is 12.5. The summed E-state index contributed by atoms with van der Waals surface area (Å²) < 4.78 is 7.35. The van der Waals surface area contributed by atoms with Gasteiger partial charge in [-0.05, 0) is 45.7 Å². The van der Waals surface area contributed by atoms with Crippen molar-refractivity contribution in [3.63, 3.8) is 0 Å². The van der Waals surface area contributed by atoms with Crippen molar-refractivity contribution in [1.82, 2.24) is 5.32 Å². The molecule has 2 rings (SSSR count). The average molecular weight is 355 g/mol. The van der Waals surface area contributed by atoms with Gasteiger partial charge in [0, 0.05) is 12.1 Å². The second-order valence-electron chi connectivity index (χ2n) is 7.44. The topological polar surface area (TPSA) is 59.3 Å². The predicted molar refractivity (Wildman–Crippen MR) is 100 cm³/mol. The van der Waals surface area contributed by atoms with Gasteiger partial charge in [0.2, 0.25) is 0 Å². The molecule has 1 aromatic heterocycles. The fraction of sp³-hybridized carbons (Fsp3) is 0.381. The summed E-state index contributed by atoms with van der Waals surface area (Å²) in [5.41, 5.74) is 3.37. The van der Waals surface area contributed by atoms with Gasteiger partial charge in [-0.1, -0.05) is 17.7 Å². The second kappa shape index (κ2) is 7.68. The third-order valence-electron chi connectivity index (χ3n) is 4.14. The molecule has 0 radical (unpaired) electrons.